The fourth-order valence-electron chi connectivity index (χ4n) is 4.00. The second-order valence-electron chi connectivity index (χ2n) is 9.48. The largest absolute Gasteiger partial charge is 0.494 e. The van der Waals surface area contributed by atoms with Crippen molar-refractivity contribution in [2.45, 2.75) is 59.0 Å². The van der Waals surface area contributed by atoms with E-state index in [0.717, 1.165) is 5.56 Å². The van der Waals surface area contributed by atoms with Crippen molar-refractivity contribution in [2.24, 2.45) is 0 Å². The molecule has 4 aromatic rings. The summed E-state index contributed by atoms with van der Waals surface area (Å²) < 4.78 is 54.3. The predicted molar refractivity (Wildman–Crippen MR) is 147 cm³/mol. The number of para-hydroxylation sites is 1. The van der Waals surface area contributed by atoms with E-state index in [1.165, 1.54) is 25.7 Å². The smallest absolute Gasteiger partial charge is 0.243 e. The molecule has 2 atom stereocenters. The third-order valence-corrected chi connectivity index (χ3v) is 7.97. The number of ether oxygens (including phenoxy) is 3. The van der Waals surface area contributed by atoms with Crippen LogP contribution in [0.5, 0.6) is 11.5 Å². The molecule has 13 nitrogen and oxygen atoms in total. The van der Waals surface area contributed by atoms with Crippen LogP contribution in [0.4, 0.5) is 5.95 Å². The molecule has 14 heteroatoms. The lowest BCUT2D eigenvalue weighted by atomic mass is 10.2. The van der Waals surface area contributed by atoms with Crippen LogP contribution in [0.3, 0.4) is 0 Å². The number of rotatable bonds is 11. The van der Waals surface area contributed by atoms with Gasteiger partial charge in [0.15, 0.2) is 17.3 Å². The van der Waals surface area contributed by atoms with E-state index in [4.69, 9.17) is 18.7 Å². The van der Waals surface area contributed by atoms with Crippen LogP contribution in [-0.4, -0.2) is 63.9 Å². The molecule has 0 saturated carbocycles. The molecule has 2 unspecified atom stereocenters. The molecule has 0 aliphatic carbocycles. The summed E-state index contributed by atoms with van der Waals surface area (Å²) in [6.07, 6.45) is 1.98. The summed E-state index contributed by atoms with van der Waals surface area (Å²) in [5, 5.41) is 11.5. The van der Waals surface area contributed by atoms with E-state index < -0.39 is 21.4 Å². The van der Waals surface area contributed by atoms with Gasteiger partial charge in [0.2, 0.25) is 16.0 Å². The Bertz CT molecular complexity index is 1560. The quantitative estimate of drug-likeness (QED) is 0.278. The SMILES string of the molecule is COc1cccc(OC)c1-n1c(NS(=O)(=O)C(C)C(OC(C)C)c2ncc(C)cn2)nnc1-c1noc(C)c1C. The van der Waals surface area contributed by atoms with Crippen LogP contribution < -0.4 is 14.2 Å². The Balaban J connectivity index is 1.86. The highest BCUT2D eigenvalue weighted by molar-refractivity contribution is 7.93. The fraction of sp³-hybridized carbons (Fsp3) is 0.423. The third-order valence-electron chi connectivity index (χ3n) is 6.28. The van der Waals surface area contributed by atoms with Crippen molar-refractivity contribution < 1.29 is 27.2 Å². The molecule has 0 aliphatic heterocycles. The van der Waals surface area contributed by atoms with Gasteiger partial charge in [-0.2, -0.15) is 0 Å². The molecule has 3 heterocycles. The summed E-state index contributed by atoms with van der Waals surface area (Å²) >= 11 is 0. The van der Waals surface area contributed by atoms with Crippen molar-refractivity contribution in [3.05, 3.63) is 53.3 Å². The minimum Gasteiger partial charge on any atom is -0.494 e. The molecule has 3 aromatic heterocycles. The van der Waals surface area contributed by atoms with Gasteiger partial charge in [-0.05, 0) is 59.2 Å². The first kappa shape index (κ1) is 29.0. The summed E-state index contributed by atoms with van der Waals surface area (Å²) in [7, 11) is -1.17. The normalized spacial score (nSPS) is 13.3. The molecule has 0 amide bonds. The zero-order valence-electron chi connectivity index (χ0n) is 23.7. The van der Waals surface area contributed by atoms with Crippen LogP contribution in [-0.2, 0) is 14.8 Å². The highest BCUT2D eigenvalue weighted by Gasteiger charge is 2.36. The lowest BCUT2D eigenvalue weighted by Gasteiger charge is -2.25. The molecule has 0 fully saturated rings. The molecule has 0 saturated heterocycles. The average molecular weight is 572 g/mol. The summed E-state index contributed by atoms with van der Waals surface area (Å²) in [5.41, 5.74) is 2.30. The molecule has 0 spiro atoms. The molecule has 1 aromatic carbocycles. The standard InChI is InChI=1S/C26H33N7O6S/c1-14(2)38-23(24-27-12-15(3)13-28-24)18(6)40(34,35)32-26-30-29-25(21-16(4)17(5)39-31-21)33(26)22-19(36-7)10-9-11-20(22)37-8/h9-14,18,23H,1-8H3,(H,30,32). The first-order chi connectivity index (χ1) is 19.0. The Kier molecular flexibility index (Phi) is 8.40. The highest BCUT2D eigenvalue weighted by atomic mass is 32.2. The minimum atomic E-state index is -4.16. The van der Waals surface area contributed by atoms with E-state index in [0.29, 0.717) is 34.2 Å². The van der Waals surface area contributed by atoms with Crippen molar-refractivity contribution in [3.8, 4) is 28.7 Å². The number of hydrogen-bond acceptors (Lipinski definition) is 11. The summed E-state index contributed by atoms with van der Waals surface area (Å²) in [4.78, 5) is 8.65. The van der Waals surface area contributed by atoms with Crippen LogP contribution in [0.1, 0.15) is 49.6 Å². The van der Waals surface area contributed by atoms with Crippen LogP contribution in [0.15, 0.2) is 35.1 Å². The number of sulfonamides is 1. The number of aryl methyl sites for hydroxylation is 2. The minimum absolute atomic E-state index is 0.113. The van der Waals surface area contributed by atoms with Crippen molar-refractivity contribution in [1.82, 2.24) is 29.9 Å². The van der Waals surface area contributed by atoms with Gasteiger partial charge in [0.05, 0.1) is 20.3 Å². The van der Waals surface area contributed by atoms with Gasteiger partial charge < -0.3 is 18.7 Å². The molecule has 1 N–H and O–H groups in total. The van der Waals surface area contributed by atoms with Crippen LogP contribution in [0.25, 0.3) is 17.2 Å². The topological polar surface area (TPSA) is 156 Å². The maximum absolute atomic E-state index is 13.8. The Morgan fingerprint density at radius 2 is 1.60 bits per heavy atom. The van der Waals surface area contributed by atoms with E-state index >= 15 is 0 Å². The van der Waals surface area contributed by atoms with E-state index in [1.807, 2.05) is 27.7 Å². The van der Waals surface area contributed by atoms with Crippen molar-refractivity contribution in [2.75, 3.05) is 18.9 Å². The Morgan fingerprint density at radius 3 is 2.12 bits per heavy atom. The number of benzene rings is 1. The van der Waals surface area contributed by atoms with Gasteiger partial charge in [0.25, 0.3) is 0 Å². The number of nitrogens with one attached hydrogen (secondary N) is 1. The van der Waals surface area contributed by atoms with Gasteiger partial charge >= 0.3 is 0 Å². The van der Waals surface area contributed by atoms with E-state index in [-0.39, 0.29) is 23.7 Å². The zero-order chi connectivity index (χ0) is 29.2. The molecule has 4 rings (SSSR count). The molecular weight excluding hydrogens is 538 g/mol. The molecule has 0 radical (unpaired) electrons. The van der Waals surface area contributed by atoms with Crippen molar-refractivity contribution in [1.29, 1.82) is 0 Å². The highest BCUT2D eigenvalue weighted by Crippen LogP contribution is 2.38. The number of anilines is 1. The third kappa shape index (κ3) is 5.63. The molecule has 40 heavy (non-hydrogen) atoms. The zero-order valence-corrected chi connectivity index (χ0v) is 24.5. The van der Waals surface area contributed by atoms with Gasteiger partial charge in [-0.3, -0.25) is 9.29 Å². The first-order valence-electron chi connectivity index (χ1n) is 12.5. The van der Waals surface area contributed by atoms with Gasteiger partial charge in [-0.25, -0.2) is 18.4 Å². The van der Waals surface area contributed by atoms with Gasteiger partial charge in [0, 0.05) is 18.0 Å². The van der Waals surface area contributed by atoms with E-state index in [9.17, 15) is 8.42 Å². The summed E-state index contributed by atoms with van der Waals surface area (Å²) in [6, 6.07) is 5.17. The molecule has 214 valence electrons. The van der Waals surface area contributed by atoms with Crippen molar-refractivity contribution in [3.63, 3.8) is 0 Å². The lowest BCUT2D eigenvalue weighted by molar-refractivity contribution is 0.00152. The number of nitrogens with zero attached hydrogens (tertiary/aromatic N) is 6. The lowest BCUT2D eigenvalue weighted by Crippen LogP contribution is -2.35. The molecule has 0 aliphatic rings. The first-order valence-corrected chi connectivity index (χ1v) is 14.1. The Hall–Kier alpha value is -4.04. The predicted octanol–water partition coefficient (Wildman–Crippen LogP) is 3.95. The maximum atomic E-state index is 13.8. The number of hydrogen-bond donors (Lipinski definition) is 1. The van der Waals surface area contributed by atoms with Gasteiger partial charge in [-0.15, -0.1) is 10.2 Å². The van der Waals surface area contributed by atoms with E-state index in [2.05, 4.69) is 30.0 Å². The van der Waals surface area contributed by atoms with Crippen molar-refractivity contribution >= 4 is 16.0 Å². The second-order valence-corrected chi connectivity index (χ2v) is 11.5. The average Bonchev–Trinajstić information content (AvgIpc) is 3.47. The molecular formula is C26H33N7O6S. The van der Waals surface area contributed by atoms with E-state index in [1.54, 1.807) is 37.5 Å². The Labute approximate surface area is 232 Å². The maximum Gasteiger partial charge on any atom is 0.243 e. The fourth-order valence-corrected chi connectivity index (χ4v) is 5.08. The monoisotopic (exact) mass is 571 g/mol. The summed E-state index contributed by atoms with van der Waals surface area (Å²) in [6.45, 7) is 10.6. The van der Waals surface area contributed by atoms with Gasteiger partial charge in [0.1, 0.15) is 34.3 Å². The Morgan fingerprint density at radius 1 is 0.975 bits per heavy atom. The second kappa shape index (κ2) is 11.6. The van der Waals surface area contributed by atoms with Crippen LogP contribution in [0.2, 0.25) is 0 Å². The molecule has 0 bridgehead atoms. The van der Waals surface area contributed by atoms with Crippen LogP contribution >= 0.6 is 0 Å². The van der Waals surface area contributed by atoms with Gasteiger partial charge in [-0.1, -0.05) is 11.2 Å². The van der Waals surface area contributed by atoms with Crippen LogP contribution in [0, 0.1) is 20.8 Å². The number of methoxy groups -OCH3 is 2. The number of aromatic nitrogens is 6. The summed E-state index contributed by atoms with van der Waals surface area (Å²) in [5.74, 6) is 1.72.